The molecule has 3 heterocycles. The van der Waals surface area contributed by atoms with Gasteiger partial charge in [-0.15, -0.1) is 0 Å². The van der Waals surface area contributed by atoms with Gasteiger partial charge in [-0.05, 0) is 37.1 Å². The van der Waals surface area contributed by atoms with Crippen molar-refractivity contribution in [1.82, 2.24) is 8.87 Å². The van der Waals surface area contributed by atoms with E-state index in [0.717, 1.165) is 4.70 Å². The number of benzene rings is 2. The Balaban J connectivity index is 1.54. The lowest BCUT2D eigenvalue weighted by molar-refractivity contribution is -0.141. The molecule has 5 rings (SSSR count). The minimum atomic E-state index is -3.92. The molecule has 0 saturated carbocycles. The molecule has 0 radical (unpaired) electrons. The number of aromatic nitrogens is 1. The molecule has 1 fully saturated rings. The van der Waals surface area contributed by atoms with E-state index in [1.807, 2.05) is 0 Å². The summed E-state index contributed by atoms with van der Waals surface area (Å²) in [5.41, 5.74) is 0.619. The quantitative estimate of drug-likeness (QED) is 0.459. The van der Waals surface area contributed by atoms with E-state index in [1.165, 1.54) is 47.0 Å². The van der Waals surface area contributed by atoms with Gasteiger partial charge in [0.05, 0.1) is 22.2 Å². The highest BCUT2D eigenvalue weighted by atomic mass is 35.5. The molecule has 0 bridgehead atoms. The van der Waals surface area contributed by atoms with Gasteiger partial charge in [0.15, 0.2) is 16.3 Å². The average Bonchev–Trinajstić information content (AvgIpc) is 3.57. The van der Waals surface area contributed by atoms with Crippen LogP contribution in [0, 0.1) is 0 Å². The van der Waals surface area contributed by atoms with Gasteiger partial charge in [-0.1, -0.05) is 22.9 Å². The minimum absolute atomic E-state index is 0.0544. The van der Waals surface area contributed by atoms with E-state index in [2.05, 4.69) is 4.99 Å². The van der Waals surface area contributed by atoms with Crippen molar-refractivity contribution in [3.63, 3.8) is 0 Å². The first kappa shape index (κ1) is 23.8. The molecular formula is C22H20ClN3O7S2. The second kappa shape index (κ2) is 9.26. The van der Waals surface area contributed by atoms with Gasteiger partial charge in [0.1, 0.15) is 12.6 Å². The van der Waals surface area contributed by atoms with Crippen molar-refractivity contribution >= 4 is 55.1 Å². The molecule has 1 aromatic heterocycles. The topological polar surface area (TPSA) is 116 Å². The number of fused-ring (bicyclic) bond motifs is 2. The van der Waals surface area contributed by atoms with Crippen LogP contribution in [-0.2, 0) is 30.9 Å². The fourth-order valence-corrected chi connectivity index (χ4v) is 6.90. The van der Waals surface area contributed by atoms with Crippen LogP contribution in [0.25, 0.3) is 10.2 Å². The summed E-state index contributed by atoms with van der Waals surface area (Å²) in [6, 6.07) is 8.32. The smallest absolute Gasteiger partial charge is 0.325 e. The first-order chi connectivity index (χ1) is 16.8. The number of sulfonamides is 1. The fraction of sp³-hybridized carbons (Fsp3) is 0.318. The number of hydrogen-bond donors (Lipinski definition) is 0. The molecule has 13 heteroatoms. The van der Waals surface area contributed by atoms with Crippen LogP contribution < -0.4 is 14.3 Å². The zero-order valence-electron chi connectivity index (χ0n) is 18.5. The molecule has 0 spiro atoms. The van der Waals surface area contributed by atoms with Crippen LogP contribution in [-0.4, -0.2) is 55.7 Å². The van der Waals surface area contributed by atoms with Crippen molar-refractivity contribution < 1.29 is 32.2 Å². The molecule has 1 amide bonds. The third kappa shape index (κ3) is 4.42. The van der Waals surface area contributed by atoms with E-state index < -0.39 is 27.9 Å². The Bertz CT molecular complexity index is 1500. The van der Waals surface area contributed by atoms with Gasteiger partial charge < -0.3 is 18.8 Å². The molecule has 0 aliphatic carbocycles. The zero-order valence-corrected chi connectivity index (χ0v) is 20.9. The number of esters is 1. The SMILES string of the molecule is COC(=O)Cn1c(=NC(=O)C2CCCN2S(=O)(=O)c2ccc(Cl)cc2)sc2cc3c(cc21)OCO3. The van der Waals surface area contributed by atoms with Gasteiger partial charge in [-0.2, -0.15) is 9.30 Å². The summed E-state index contributed by atoms with van der Waals surface area (Å²) in [6.45, 7) is 0.117. The molecule has 3 aromatic rings. The standard InChI is InChI=1S/C22H20ClN3O7S2/c1-31-20(27)11-25-16-9-17-18(33-12-32-17)10-19(16)34-22(25)24-21(28)15-3-2-8-26(15)35(29,30)14-6-4-13(23)5-7-14/h4-7,9-10,15H,2-3,8,11-12H2,1H3. The Morgan fingerprint density at radius 3 is 2.63 bits per heavy atom. The summed E-state index contributed by atoms with van der Waals surface area (Å²) in [7, 11) is -2.65. The lowest BCUT2D eigenvalue weighted by Gasteiger charge is -2.21. The van der Waals surface area contributed by atoms with Crippen molar-refractivity contribution in [2.75, 3.05) is 20.4 Å². The van der Waals surface area contributed by atoms with Gasteiger partial charge in [-0.25, -0.2) is 8.42 Å². The van der Waals surface area contributed by atoms with Crippen LogP contribution in [0.5, 0.6) is 11.5 Å². The van der Waals surface area contributed by atoms with Crippen molar-refractivity contribution in [3.05, 3.63) is 46.2 Å². The predicted molar refractivity (Wildman–Crippen MR) is 127 cm³/mol. The second-order valence-corrected chi connectivity index (χ2v) is 11.2. The Kier molecular flexibility index (Phi) is 6.30. The number of carbonyl (C=O) groups is 2. The van der Waals surface area contributed by atoms with Gasteiger partial charge in [0.2, 0.25) is 16.8 Å². The van der Waals surface area contributed by atoms with Crippen molar-refractivity contribution in [2.24, 2.45) is 4.99 Å². The fourth-order valence-electron chi connectivity index (χ4n) is 4.08. The molecule has 2 aliphatic heterocycles. The maximum Gasteiger partial charge on any atom is 0.325 e. The highest BCUT2D eigenvalue weighted by molar-refractivity contribution is 7.89. The number of methoxy groups -OCH3 is 1. The molecule has 35 heavy (non-hydrogen) atoms. The summed E-state index contributed by atoms with van der Waals surface area (Å²) in [6.07, 6.45) is 0.863. The molecule has 10 nitrogen and oxygen atoms in total. The first-order valence-corrected chi connectivity index (χ1v) is 13.3. The lowest BCUT2D eigenvalue weighted by atomic mass is 10.2. The number of ether oxygens (including phenoxy) is 3. The zero-order chi connectivity index (χ0) is 24.7. The molecule has 184 valence electrons. The Hall–Kier alpha value is -2.93. The summed E-state index contributed by atoms with van der Waals surface area (Å²) < 4.78 is 45.6. The lowest BCUT2D eigenvalue weighted by Crippen LogP contribution is -2.40. The van der Waals surface area contributed by atoms with Gasteiger partial charge in [-0.3, -0.25) is 9.59 Å². The highest BCUT2D eigenvalue weighted by Gasteiger charge is 2.39. The molecule has 2 aromatic carbocycles. The van der Waals surface area contributed by atoms with Crippen LogP contribution >= 0.6 is 22.9 Å². The van der Waals surface area contributed by atoms with Crippen LogP contribution in [0.3, 0.4) is 0 Å². The minimum Gasteiger partial charge on any atom is -0.468 e. The van der Waals surface area contributed by atoms with E-state index in [-0.39, 0.29) is 29.6 Å². The third-order valence-electron chi connectivity index (χ3n) is 5.81. The van der Waals surface area contributed by atoms with Crippen LogP contribution in [0.2, 0.25) is 5.02 Å². The molecule has 1 saturated heterocycles. The number of nitrogens with zero attached hydrogens (tertiary/aromatic N) is 3. The van der Waals surface area contributed by atoms with Crippen LogP contribution in [0.1, 0.15) is 12.8 Å². The van der Waals surface area contributed by atoms with Gasteiger partial charge >= 0.3 is 5.97 Å². The molecule has 1 atom stereocenters. The Morgan fingerprint density at radius 2 is 1.91 bits per heavy atom. The Labute approximate surface area is 209 Å². The molecule has 0 N–H and O–H groups in total. The Morgan fingerprint density at radius 1 is 1.20 bits per heavy atom. The maximum atomic E-state index is 13.3. The van der Waals surface area contributed by atoms with Gasteiger partial charge in [0.25, 0.3) is 5.91 Å². The van der Waals surface area contributed by atoms with E-state index in [0.29, 0.717) is 34.9 Å². The van der Waals surface area contributed by atoms with Crippen molar-refractivity contribution in [1.29, 1.82) is 0 Å². The number of rotatable bonds is 5. The van der Waals surface area contributed by atoms with Crippen LogP contribution in [0.4, 0.5) is 0 Å². The number of halogens is 1. The summed E-state index contributed by atoms with van der Waals surface area (Å²) >= 11 is 7.08. The largest absolute Gasteiger partial charge is 0.468 e. The molecule has 1 unspecified atom stereocenters. The van der Waals surface area contributed by atoms with E-state index in [1.54, 1.807) is 16.7 Å². The number of amides is 1. The van der Waals surface area contributed by atoms with Crippen molar-refractivity contribution in [3.8, 4) is 11.5 Å². The summed E-state index contributed by atoms with van der Waals surface area (Å²) in [4.78, 5) is 29.9. The number of hydrogen-bond acceptors (Lipinski definition) is 8. The highest BCUT2D eigenvalue weighted by Crippen LogP contribution is 2.37. The third-order valence-corrected chi connectivity index (χ3v) is 9.02. The van der Waals surface area contributed by atoms with E-state index >= 15 is 0 Å². The molecule has 2 aliphatic rings. The number of carbonyl (C=O) groups excluding carboxylic acids is 2. The van der Waals surface area contributed by atoms with E-state index in [9.17, 15) is 18.0 Å². The maximum absolute atomic E-state index is 13.3. The monoisotopic (exact) mass is 537 g/mol. The summed E-state index contributed by atoms with van der Waals surface area (Å²) in [5, 5.41) is 0.412. The second-order valence-electron chi connectivity index (χ2n) is 7.90. The van der Waals surface area contributed by atoms with Crippen molar-refractivity contribution in [2.45, 2.75) is 30.3 Å². The normalized spacial score (nSPS) is 18.3. The molecular weight excluding hydrogens is 518 g/mol. The first-order valence-electron chi connectivity index (χ1n) is 10.6. The summed E-state index contributed by atoms with van der Waals surface area (Å²) in [5.74, 6) is -0.0602. The van der Waals surface area contributed by atoms with E-state index in [4.69, 9.17) is 25.8 Å². The average molecular weight is 538 g/mol. The predicted octanol–water partition coefficient (Wildman–Crippen LogP) is 2.54. The number of thiazole rings is 1. The van der Waals surface area contributed by atoms with Gasteiger partial charge in [0, 0.05) is 23.7 Å². The van der Waals surface area contributed by atoms with Crippen LogP contribution in [0.15, 0.2) is 46.3 Å².